The van der Waals surface area contributed by atoms with Gasteiger partial charge in [-0.1, -0.05) is 29.8 Å². The number of benzene rings is 1. The van der Waals surface area contributed by atoms with Gasteiger partial charge in [-0.25, -0.2) is 0 Å². The van der Waals surface area contributed by atoms with Crippen molar-refractivity contribution in [3.63, 3.8) is 0 Å². The van der Waals surface area contributed by atoms with Crippen LogP contribution in [0.25, 0.3) is 0 Å². The van der Waals surface area contributed by atoms with Crippen LogP contribution in [-0.4, -0.2) is 24.9 Å². The van der Waals surface area contributed by atoms with Crippen molar-refractivity contribution in [2.75, 3.05) is 19.8 Å². The number of halogens is 1. The lowest BCUT2D eigenvalue weighted by Crippen LogP contribution is -2.18. The monoisotopic (exact) mass is 300 g/mol. The van der Waals surface area contributed by atoms with E-state index in [1.165, 1.54) is 0 Å². The van der Waals surface area contributed by atoms with Gasteiger partial charge in [-0.2, -0.15) is 0 Å². The lowest BCUT2D eigenvalue weighted by Gasteiger charge is -2.25. The minimum Gasteiger partial charge on any atom is -0.486 e. The molecule has 1 aliphatic rings. The largest absolute Gasteiger partial charge is 0.486 e. The fraction of sp³-hybridized carbons (Fsp3) is 0.538. The molecule has 4 heteroatoms. The molecule has 0 saturated heterocycles. The first kappa shape index (κ1) is 12.7. The number of fused-ring (bicyclic) bond motifs is 1. The molecule has 1 aliphatic heterocycles. The van der Waals surface area contributed by atoms with Gasteiger partial charge in [0, 0.05) is 16.6 Å². The van der Waals surface area contributed by atoms with E-state index in [1.54, 1.807) is 0 Å². The molecule has 0 aliphatic carbocycles. The summed E-state index contributed by atoms with van der Waals surface area (Å²) < 4.78 is 12.3. The van der Waals surface area contributed by atoms with Crippen LogP contribution in [0.2, 0.25) is 0 Å². The number of aliphatic hydroxyl groups is 1. The zero-order valence-corrected chi connectivity index (χ0v) is 11.7. The average Bonchev–Trinajstić information content (AvgIpc) is 2.29. The van der Waals surface area contributed by atoms with E-state index in [9.17, 15) is 0 Å². The van der Waals surface area contributed by atoms with E-state index in [-0.39, 0.29) is 6.61 Å². The molecule has 0 fully saturated rings. The maximum Gasteiger partial charge on any atom is 0.165 e. The first-order valence-corrected chi connectivity index (χ1v) is 6.66. The average molecular weight is 301 g/mol. The van der Waals surface area contributed by atoms with Crippen molar-refractivity contribution in [2.45, 2.75) is 26.2 Å². The molecule has 0 amide bonds. The third-order valence-electron chi connectivity index (χ3n) is 2.87. The molecule has 1 heterocycles. The highest BCUT2D eigenvalue weighted by molar-refractivity contribution is 9.10. The standard InChI is InChI=1S/C13H17BrO3/c1-8(2)12-9(3-4-15)10(14)7-11-13(12)17-6-5-16-11/h7-8,15H,3-6H2,1-2H3. The Hall–Kier alpha value is -0.740. The molecule has 17 heavy (non-hydrogen) atoms. The van der Waals surface area contributed by atoms with Crippen molar-refractivity contribution in [1.29, 1.82) is 0 Å². The molecule has 0 saturated carbocycles. The molecule has 0 atom stereocenters. The first-order chi connectivity index (χ1) is 8.15. The second-order valence-electron chi connectivity index (χ2n) is 4.40. The van der Waals surface area contributed by atoms with Gasteiger partial charge in [-0.15, -0.1) is 0 Å². The zero-order chi connectivity index (χ0) is 12.4. The Morgan fingerprint density at radius 3 is 2.71 bits per heavy atom. The molecule has 3 nitrogen and oxygen atoms in total. The Morgan fingerprint density at radius 2 is 2.06 bits per heavy atom. The van der Waals surface area contributed by atoms with Crippen molar-refractivity contribution in [3.8, 4) is 11.5 Å². The Bertz CT molecular complexity index is 416. The molecule has 0 bridgehead atoms. The summed E-state index contributed by atoms with van der Waals surface area (Å²) in [7, 11) is 0. The smallest absolute Gasteiger partial charge is 0.165 e. The Morgan fingerprint density at radius 1 is 1.35 bits per heavy atom. The minimum atomic E-state index is 0.137. The molecule has 1 aromatic carbocycles. The third kappa shape index (κ3) is 2.43. The second-order valence-corrected chi connectivity index (χ2v) is 5.26. The maximum absolute atomic E-state index is 9.16. The van der Waals surface area contributed by atoms with E-state index in [0.717, 1.165) is 27.1 Å². The number of ether oxygens (including phenoxy) is 2. The van der Waals surface area contributed by atoms with Gasteiger partial charge in [-0.05, 0) is 24.0 Å². The SMILES string of the molecule is CC(C)c1c(CCO)c(Br)cc2c1OCCO2. The summed E-state index contributed by atoms with van der Waals surface area (Å²) >= 11 is 3.55. The normalized spacial score (nSPS) is 14.2. The molecule has 94 valence electrons. The van der Waals surface area contributed by atoms with Crippen molar-refractivity contribution in [2.24, 2.45) is 0 Å². The fourth-order valence-electron chi connectivity index (χ4n) is 2.19. The zero-order valence-electron chi connectivity index (χ0n) is 10.1. The van der Waals surface area contributed by atoms with Crippen LogP contribution >= 0.6 is 15.9 Å². The van der Waals surface area contributed by atoms with Crippen LogP contribution in [0.3, 0.4) is 0 Å². The predicted octanol–water partition coefficient (Wildman–Crippen LogP) is 2.88. The number of aliphatic hydroxyl groups excluding tert-OH is 1. The van der Waals surface area contributed by atoms with E-state index < -0.39 is 0 Å². The summed E-state index contributed by atoms with van der Waals surface area (Å²) in [5.74, 6) is 1.98. The summed E-state index contributed by atoms with van der Waals surface area (Å²) in [6, 6.07) is 1.94. The van der Waals surface area contributed by atoms with Crippen molar-refractivity contribution in [1.82, 2.24) is 0 Å². The summed E-state index contributed by atoms with van der Waals surface area (Å²) in [4.78, 5) is 0. The van der Waals surface area contributed by atoms with Gasteiger partial charge in [0.15, 0.2) is 11.5 Å². The van der Waals surface area contributed by atoms with E-state index in [0.29, 0.717) is 25.6 Å². The van der Waals surface area contributed by atoms with Gasteiger partial charge in [0.25, 0.3) is 0 Å². The summed E-state index contributed by atoms with van der Waals surface area (Å²) in [6.07, 6.45) is 0.630. The summed E-state index contributed by atoms with van der Waals surface area (Å²) in [6.45, 7) is 5.57. The Kier molecular flexibility index (Phi) is 3.94. The highest BCUT2D eigenvalue weighted by atomic mass is 79.9. The van der Waals surface area contributed by atoms with Crippen molar-refractivity contribution in [3.05, 3.63) is 21.7 Å². The van der Waals surface area contributed by atoms with Gasteiger partial charge < -0.3 is 14.6 Å². The highest BCUT2D eigenvalue weighted by Crippen LogP contribution is 2.43. The van der Waals surface area contributed by atoms with E-state index in [4.69, 9.17) is 14.6 Å². The quantitative estimate of drug-likeness (QED) is 0.933. The minimum absolute atomic E-state index is 0.137. The van der Waals surface area contributed by atoms with E-state index >= 15 is 0 Å². The number of hydrogen-bond acceptors (Lipinski definition) is 3. The van der Waals surface area contributed by atoms with Gasteiger partial charge >= 0.3 is 0 Å². The number of rotatable bonds is 3. The van der Waals surface area contributed by atoms with Crippen LogP contribution in [0.4, 0.5) is 0 Å². The van der Waals surface area contributed by atoms with E-state index in [1.807, 2.05) is 6.07 Å². The van der Waals surface area contributed by atoms with Gasteiger partial charge in [0.05, 0.1) is 0 Å². The van der Waals surface area contributed by atoms with Crippen LogP contribution in [0, 0.1) is 0 Å². The lowest BCUT2D eigenvalue weighted by atomic mass is 9.93. The summed E-state index contributed by atoms with van der Waals surface area (Å²) in [5, 5.41) is 9.16. The highest BCUT2D eigenvalue weighted by Gasteiger charge is 2.23. The van der Waals surface area contributed by atoms with Crippen molar-refractivity contribution >= 4 is 15.9 Å². The van der Waals surface area contributed by atoms with Gasteiger partial charge in [-0.3, -0.25) is 0 Å². The topological polar surface area (TPSA) is 38.7 Å². The third-order valence-corrected chi connectivity index (χ3v) is 3.57. The number of hydrogen-bond donors (Lipinski definition) is 1. The predicted molar refractivity (Wildman–Crippen MR) is 70.0 cm³/mol. The Labute approximate surface area is 110 Å². The van der Waals surface area contributed by atoms with Crippen LogP contribution < -0.4 is 9.47 Å². The van der Waals surface area contributed by atoms with E-state index in [2.05, 4.69) is 29.8 Å². The maximum atomic E-state index is 9.16. The molecule has 2 rings (SSSR count). The first-order valence-electron chi connectivity index (χ1n) is 5.87. The fourth-order valence-corrected chi connectivity index (χ4v) is 2.81. The summed E-state index contributed by atoms with van der Waals surface area (Å²) in [5.41, 5.74) is 2.26. The van der Waals surface area contributed by atoms with Gasteiger partial charge in [0.1, 0.15) is 13.2 Å². The molecule has 0 unspecified atom stereocenters. The molecule has 1 N–H and O–H groups in total. The van der Waals surface area contributed by atoms with Crippen LogP contribution in [0.1, 0.15) is 30.9 Å². The molecular formula is C13H17BrO3. The molecule has 0 radical (unpaired) electrons. The molecule has 0 spiro atoms. The van der Waals surface area contributed by atoms with Crippen LogP contribution in [0.15, 0.2) is 10.5 Å². The van der Waals surface area contributed by atoms with Crippen LogP contribution in [-0.2, 0) is 6.42 Å². The van der Waals surface area contributed by atoms with Crippen molar-refractivity contribution < 1.29 is 14.6 Å². The van der Waals surface area contributed by atoms with Gasteiger partial charge in [0.2, 0.25) is 0 Å². The lowest BCUT2D eigenvalue weighted by molar-refractivity contribution is 0.169. The Balaban J connectivity index is 2.58. The second kappa shape index (κ2) is 5.27. The molecular weight excluding hydrogens is 284 g/mol. The van der Waals surface area contributed by atoms with Crippen LogP contribution in [0.5, 0.6) is 11.5 Å². The molecule has 0 aromatic heterocycles. The molecule has 1 aromatic rings.